The van der Waals surface area contributed by atoms with Gasteiger partial charge < -0.3 is 14.5 Å². The maximum atomic E-state index is 11.7. The molecule has 0 atom stereocenters. The van der Waals surface area contributed by atoms with Crippen LogP contribution in [-0.4, -0.2) is 15.9 Å². The van der Waals surface area contributed by atoms with Crippen molar-refractivity contribution >= 4 is 49.1 Å². The molecule has 1 radical (unpaired) electrons. The number of aliphatic hydroxyl groups is 1. The van der Waals surface area contributed by atoms with Gasteiger partial charge >= 0.3 is 0 Å². The molecule has 6 aromatic rings. The minimum Gasteiger partial charge on any atom is -0.512 e. The molecule has 0 fully saturated rings. The van der Waals surface area contributed by atoms with Gasteiger partial charge in [0, 0.05) is 58.4 Å². The summed E-state index contributed by atoms with van der Waals surface area (Å²) >= 11 is 1.90. The van der Waals surface area contributed by atoms with E-state index < -0.39 is 0 Å². The Kier molecular flexibility index (Phi) is 11.6. The van der Waals surface area contributed by atoms with Gasteiger partial charge in [-0.3, -0.25) is 4.79 Å². The molecule has 0 saturated heterocycles. The normalized spacial score (nSPS) is 13.5. The van der Waals surface area contributed by atoms with Gasteiger partial charge in [-0.1, -0.05) is 91.3 Å². The van der Waals surface area contributed by atoms with Crippen molar-refractivity contribution < 1.29 is 34.4 Å². The van der Waals surface area contributed by atoms with Gasteiger partial charge in [0.2, 0.25) is 0 Å². The van der Waals surface area contributed by atoms with E-state index in [0.717, 1.165) is 58.9 Å². The molecule has 0 amide bonds. The molecule has 50 heavy (non-hydrogen) atoms. The van der Waals surface area contributed by atoms with Crippen molar-refractivity contribution in [2.75, 3.05) is 0 Å². The number of hydrogen-bond acceptors (Lipinski definition) is 5. The van der Waals surface area contributed by atoms with Crippen LogP contribution >= 0.6 is 11.3 Å². The average Bonchev–Trinajstić information content (AvgIpc) is 3.74. The van der Waals surface area contributed by atoms with E-state index >= 15 is 0 Å². The van der Waals surface area contributed by atoms with Gasteiger partial charge in [-0.2, -0.15) is 0 Å². The second-order valence-corrected chi connectivity index (χ2v) is 15.2. The van der Waals surface area contributed by atoms with Crippen LogP contribution in [0, 0.1) is 17.9 Å². The minimum atomic E-state index is -0.128. The molecule has 0 saturated carbocycles. The summed E-state index contributed by atoms with van der Waals surface area (Å²) in [5, 5.41) is 13.4. The summed E-state index contributed by atoms with van der Waals surface area (Å²) in [6.45, 7) is 17.2. The molecule has 6 heteroatoms. The van der Waals surface area contributed by atoms with Crippen molar-refractivity contribution in [1.29, 1.82) is 0 Å². The van der Waals surface area contributed by atoms with E-state index in [2.05, 4.69) is 94.4 Å². The van der Waals surface area contributed by atoms with Crippen LogP contribution in [0.25, 0.3) is 53.7 Å². The number of thiophene rings is 1. The molecule has 0 spiro atoms. The average molecular weight is 863 g/mol. The van der Waals surface area contributed by atoms with Crippen LogP contribution in [0.1, 0.15) is 104 Å². The molecular formula is C44H48IrNO3S-. The van der Waals surface area contributed by atoms with Gasteiger partial charge in [0.15, 0.2) is 11.4 Å². The molecule has 3 heterocycles. The molecule has 3 aromatic carbocycles. The molecular weight excluding hydrogens is 815 g/mol. The first kappa shape index (κ1) is 37.7. The minimum absolute atomic E-state index is 0. The van der Waals surface area contributed by atoms with Crippen molar-refractivity contribution in [3.05, 3.63) is 101 Å². The fourth-order valence-corrected chi connectivity index (χ4v) is 8.89. The zero-order valence-electron chi connectivity index (χ0n) is 30.4. The molecule has 3 aromatic heterocycles. The predicted molar refractivity (Wildman–Crippen MR) is 207 cm³/mol. The number of carbonyl (C=O) groups is 1. The predicted octanol–water partition coefficient (Wildman–Crippen LogP) is 13.0. The first-order valence-corrected chi connectivity index (χ1v) is 18.7. The summed E-state index contributed by atoms with van der Waals surface area (Å²) in [5.74, 6) is 1.02. The maximum Gasteiger partial charge on any atom is 0.162 e. The molecule has 263 valence electrons. The van der Waals surface area contributed by atoms with E-state index in [1.54, 1.807) is 0 Å². The molecule has 4 nitrogen and oxygen atoms in total. The van der Waals surface area contributed by atoms with Crippen molar-refractivity contribution in [2.24, 2.45) is 11.8 Å². The van der Waals surface area contributed by atoms with E-state index in [1.165, 1.54) is 43.3 Å². The molecule has 1 aliphatic carbocycles. The number of ketones is 1. The van der Waals surface area contributed by atoms with Gasteiger partial charge in [-0.05, 0) is 77.4 Å². The van der Waals surface area contributed by atoms with Crippen LogP contribution in [0.3, 0.4) is 0 Å². The van der Waals surface area contributed by atoms with Crippen LogP contribution in [0.2, 0.25) is 0 Å². The zero-order chi connectivity index (χ0) is 35.0. The number of aliphatic hydroxyl groups excluding tert-OH is 1. The number of aromatic nitrogens is 1. The first-order valence-electron chi connectivity index (χ1n) is 17.9. The second-order valence-electron chi connectivity index (χ2n) is 14.1. The number of hydrogen-bond donors (Lipinski definition) is 1. The molecule has 7 rings (SSSR count). The Balaban J connectivity index is 0.000000261. The van der Waals surface area contributed by atoms with Gasteiger partial charge in [-0.15, -0.1) is 40.7 Å². The van der Waals surface area contributed by atoms with Crippen LogP contribution in [0.5, 0.6) is 0 Å². The van der Waals surface area contributed by atoms with Crippen LogP contribution in [-0.2, 0) is 30.3 Å². The van der Waals surface area contributed by atoms with Crippen molar-refractivity contribution in [1.82, 2.24) is 4.98 Å². The van der Waals surface area contributed by atoms with Crippen molar-refractivity contribution in [3.63, 3.8) is 0 Å². The van der Waals surface area contributed by atoms with E-state index in [0.29, 0.717) is 5.92 Å². The Labute approximate surface area is 314 Å². The van der Waals surface area contributed by atoms with E-state index in [9.17, 15) is 9.90 Å². The quantitative estimate of drug-likeness (QED) is 0.0893. The summed E-state index contributed by atoms with van der Waals surface area (Å²) in [4.78, 5) is 18.0. The third kappa shape index (κ3) is 6.75. The topological polar surface area (TPSA) is 63.3 Å². The number of pyridine rings is 1. The Morgan fingerprint density at radius 3 is 2.26 bits per heavy atom. The monoisotopic (exact) mass is 863 g/mol. The van der Waals surface area contributed by atoms with Gasteiger partial charge in [-0.25, -0.2) is 0 Å². The number of nitrogens with zero attached hydrogens (tertiary/aromatic N) is 1. The summed E-state index contributed by atoms with van der Waals surface area (Å²) in [7, 11) is 0. The third-order valence-electron chi connectivity index (χ3n) is 10.5. The summed E-state index contributed by atoms with van der Waals surface area (Å²) in [6.07, 6.45) is 6.78. The molecule has 1 N–H and O–H groups in total. The van der Waals surface area contributed by atoms with E-state index in [1.807, 2.05) is 45.2 Å². The maximum absolute atomic E-state index is 11.7. The largest absolute Gasteiger partial charge is 0.512 e. The number of benzene rings is 3. The van der Waals surface area contributed by atoms with Crippen LogP contribution in [0.15, 0.2) is 83.1 Å². The number of rotatable bonds is 9. The van der Waals surface area contributed by atoms with Crippen LogP contribution < -0.4 is 0 Å². The number of carbonyl (C=O) groups excluding carboxylic acids is 1. The zero-order valence-corrected chi connectivity index (χ0v) is 33.7. The number of allylic oxidation sites excluding steroid dienone is 2. The van der Waals surface area contributed by atoms with Crippen molar-refractivity contribution in [3.8, 4) is 21.7 Å². The number of fused-ring (bicyclic) bond motifs is 8. The van der Waals surface area contributed by atoms with Crippen LogP contribution in [0.4, 0.5) is 0 Å². The fourth-order valence-electron chi connectivity index (χ4n) is 7.49. The molecule has 0 aliphatic heterocycles. The van der Waals surface area contributed by atoms with Gasteiger partial charge in [0.1, 0.15) is 5.58 Å². The Bertz CT molecular complexity index is 2180. The SMILES string of the molecule is CC(C)c1ccc2oc3cnc(-c4[c-]ccc5c4C(C)(C)c4c-5sc5ccccc45)cc3c2c1.CCC(CC)C(=O)/C=C(\O)C(CC)CC.[Ir]. The summed E-state index contributed by atoms with van der Waals surface area (Å²) in [6, 6.07) is 25.3. The number of furan rings is 1. The second kappa shape index (κ2) is 15.4. The summed E-state index contributed by atoms with van der Waals surface area (Å²) in [5.41, 5.74) is 9.04. The van der Waals surface area contributed by atoms with E-state index in [4.69, 9.17) is 9.40 Å². The molecule has 0 bridgehead atoms. The first-order chi connectivity index (χ1) is 23.5. The molecule has 1 aliphatic rings. The fraction of sp³-hybridized carbons (Fsp3) is 0.364. The Hall–Kier alpha value is -3.57. The molecule has 0 unspecified atom stereocenters. The Morgan fingerprint density at radius 1 is 0.900 bits per heavy atom. The Morgan fingerprint density at radius 2 is 1.58 bits per heavy atom. The van der Waals surface area contributed by atoms with Gasteiger partial charge in [0.05, 0.1) is 12.0 Å². The summed E-state index contributed by atoms with van der Waals surface area (Å²) < 4.78 is 7.48. The van der Waals surface area contributed by atoms with Gasteiger partial charge in [0.25, 0.3) is 0 Å². The standard InChI is InChI=1S/C31H24NOS.C13H24O2.Ir/c1-17(2)18-12-13-25-22(14-18)23-15-24(32-16-26(23)33-25)19-9-7-10-21-28(19)31(3,4)29-20-8-5-6-11-27(20)34-30(21)29;1-5-10(6-2)12(14)9-13(15)11(7-3)8-4;/h5-8,10-17H,1-4H3;9-11,14H,5-8H2,1-4H3;/q-1;;/b;12-9-;. The van der Waals surface area contributed by atoms with E-state index in [-0.39, 0.29) is 48.9 Å². The van der Waals surface area contributed by atoms with Crippen molar-refractivity contribution in [2.45, 2.75) is 92.4 Å². The third-order valence-corrected chi connectivity index (χ3v) is 11.7. The smallest absolute Gasteiger partial charge is 0.162 e.